The summed E-state index contributed by atoms with van der Waals surface area (Å²) in [5.41, 5.74) is 0.394. The molecular formula is C14H19N3O3S. The summed E-state index contributed by atoms with van der Waals surface area (Å²) in [5, 5.41) is 27.4. The topological polar surface area (TPSA) is 89.5 Å². The van der Waals surface area contributed by atoms with Gasteiger partial charge in [-0.2, -0.15) is 5.10 Å². The quantitative estimate of drug-likeness (QED) is 0.748. The van der Waals surface area contributed by atoms with Gasteiger partial charge in [0.05, 0.1) is 23.8 Å². The fourth-order valence-electron chi connectivity index (χ4n) is 1.98. The van der Waals surface area contributed by atoms with Gasteiger partial charge in [0.1, 0.15) is 0 Å². The Balaban J connectivity index is 2.10. The second kappa shape index (κ2) is 6.38. The molecule has 0 radical (unpaired) electrons. The number of nitrogens with one attached hydrogen (secondary N) is 1. The van der Waals surface area contributed by atoms with Crippen molar-refractivity contribution in [1.82, 2.24) is 15.1 Å². The largest absolute Gasteiger partial charge is 0.396 e. The molecule has 0 fully saturated rings. The molecule has 0 bridgehead atoms. The first-order valence-electron chi connectivity index (χ1n) is 6.55. The minimum absolute atomic E-state index is 0.192. The molecule has 3 N–H and O–H groups in total. The number of H-pyrrole nitrogens is 1. The molecule has 0 unspecified atom stereocenters. The Bertz CT molecular complexity index is 590. The van der Waals surface area contributed by atoms with Gasteiger partial charge < -0.3 is 15.1 Å². The standard InChI is InChI=1S/C14H19N3O3S/c1-14(8-18,9-19)7-17(2)13(20)11-6-10(15-16-11)12-4-3-5-21-12/h3-6,18-19H,7-9H2,1-2H3,(H,15,16). The maximum Gasteiger partial charge on any atom is 0.274 e. The minimum Gasteiger partial charge on any atom is -0.396 e. The van der Waals surface area contributed by atoms with Crippen LogP contribution >= 0.6 is 11.3 Å². The molecular weight excluding hydrogens is 290 g/mol. The molecule has 114 valence electrons. The number of amides is 1. The van der Waals surface area contributed by atoms with E-state index in [2.05, 4.69) is 10.2 Å². The van der Waals surface area contributed by atoms with Crippen molar-refractivity contribution in [3.63, 3.8) is 0 Å². The van der Waals surface area contributed by atoms with E-state index < -0.39 is 5.41 Å². The predicted molar refractivity (Wildman–Crippen MR) is 81.1 cm³/mol. The van der Waals surface area contributed by atoms with Crippen LogP contribution < -0.4 is 0 Å². The van der Waals surface area contributed by atoms with E-state index in [0.29, 0.717) is 5.69 Å². The molecule has 2 aromatic rings. The van der Waals surface area contributed by atoms with Gasteiger partial charge in [-0.15, -0.1) is 11.3 Å². The summed E-state index contributed by atoms with van der Waals surface area (Å²) in [4.78, 5) is 14.8. The molecule has 0 spiro atoms. The normalized spacial score (nSPS) is 11.6. The molecule has 2 rings (SSSR count). The third-order valence-electron chi connectivity index (χ3n) is 3.31. The van der Waals surface area contributed by atoms with E-state index in [-0.39, 0.29) is 25.7 Å². The van der Waals surface area contributed by atoms with Gasteiger partial charge in [0.25, 0.3) is 5.91 Å². The van der Waals surface area contributed by atoms with Crippen LogP contribution in [0, 0.1) is 5.41 Å². The van der Waals surface area contributed by atoms with Crippen molar-refractivity contribution in [3.8, 4) is 10.6 Å². The highest BCUT2D eigenvalue weighted by atomic mass is 32.1. The van der Waals surface area contributed by atoms with E-state index in [4.69, 9.17) is 0 Å². The molecule has 0 aliphatic rings. The fourth-order valence-corrected chi connectivity index (χ4v) is 2.67. The minimum atomic E-state index is -0.725. The van der Waals surface area contributed by atoms with Crippen LogP contribution in [0.2, 0.25) is 0 Å². The zero-order valence-electron chi connectivity index (χ0n) is 12.0. The summed E-state index contributed by atoms with van der Waals surface area (Å²) in [7, 11) is 1.63. The Labute approximate surface area is 127 Å². The second-order valence-electron chi connectivity index (χ2n) is 5.43. The molecule has 0 aliphatic heterocycles. The van der Waals surface area contributed by atoms with Crippen molar-refractivity contribution in [1.29, 1.82) is 0 Å². The number of aromatic amines is 1. The summed E-state index contributed by atoms with van der Waals surface area (Å²) in [6, 6.07) is 5.59. The zero-order chi connectivity index (χ0) is 15.5. The van der Waals surface area contributed by atoms with E-state index in [9.17, 15) is 15.0 Å². The summed E-state index contributed by atoms with van der Waals surface area (Å²) < 4.78 is 0. The molecule has 2 heterocycles. The lowest BCUT2D eigenvalue weighted by molar-refractivity contribution is 0.0363. The number of carbonyl (C=O) groups is 1. The fraction of sp³-hybridized carbons (Fsp3) is 0.429. The van der Waals surface area contributed by atoms with Crippen LogP contribution in [-0.4, -0.2) is 58.0 Å². The average Bonchev–Trinajstić information content (AvgIpc) is 3.16. The Hall–Kier alpha value is -1.70. The number of aliphatic hydroxyl groups is 2. The molecule has 6 nitrogen and oxygen atoms in total. The lowest BCUT2D eigenvalue weighted by Gasteiger charge is -2.29. The zero-order valence-corrected chi connectivity index (χ0v) is 12.9. The number of hydrogen-bond acceptors (Lipinski definition) is 5. The molecule has 0 aromatic carbocycles. The van der Waals surface area contributed by atoms with Crippen LogP contribution in [-0.2, 0) is 0 Å². The molecule has 2 aromatic heterocycles. The van der Waals surface area contributed by atoms with Gasteiger partial charge in [-0.1, -0.05) is 13.0 Å². The van der Waals surface area contributed by atoms with Gasteiger partial charge in [-0.05, 0) is 17.5 Å². The van der Waals surface area contributed by atoms with E-state index in [0.717, 1.165) is 10.6 Å². The summed E-state index contributed by atoms with van der Waals surface area (Å²) in [6.45, 7) is 1.59. The van der Waals surface area contributed by atoms with Gasteiger partial charge in [-0.3, -0.25) is 9.89 Å². The number of nitrogens with zero attached hydrogens (tertiary/aromatic N) is 2. The van der Waals surface area contributed by atoms with Crippen LogP contribution in [0.5, 0.6) is 0 Å². The molecule has 21 heavy (non-hydrogen) atoms. The lowest BCUT2D eigenvalue weighted by Crippen LogP contribution is -2.41. The molecule has 7 heteroatoms. The monoisotopic (exact) mass is 309 g/mol. The van der Waals surface area contributed by atoms with Crippen molar-refractivity contribution in [3.05, 3.63) is 29.3 Å². The van der Waals surface area contributed by atoms with Gasteiger partial charge in [-0.25, -0.2) is 0 Å². The van der Waals surface area contributed by atoms with E-state index >= 15 is 0 Å². The van der Waals surface area contributed by atoms with E-state index in [1.165, 1.54) is 4.90 Å². The summed E-state index contributed by atoms with van der Waals surface area (Å²) >= 11 is 1.56. The molecule has 0 atom stereocenters. The van der Waals surface area contributed by atoms with Crippen LogP contribution in [0.15, 0.2) is 23.6 Å². The Morgan fingerprint density at radius 2 is 2.19 bits per heavy atom. The summed E-state index contributed by atoms with van der Waals surface area (Å²) in [5.74, 6) is -0.248. The highest BCUT2D eigenvalue weighted by Gasteiger charge is 2.27. The van der Waals surface area contributed by atoms with Crippen molar-refractivity contribution < 1.29 is 15.0 Å². The first-order chi connectivity index (χ1) is 9.99. The number of carbonyl (C=O) groups excluding carboxylic acids is 1. The number of aliphatic hydroxyl groups excluding tert-OH is 2. The SMILES string of the molecule is CN(CC(C)(CO)CO)C(=O)c1cc(-c2cccs2)[nH]n1. The maximum absolute atomic E-state index is 12.3. The van der Waals surface area contributed by atoms with Crippen LogP contribution in [0.1, 0.15) is 17.4 Å². The van der Waals surface area contributed by atoms with Gasteiger partial charge in [0.2, 0.25) is 0 Å². The number of hydrogen-bond donors (Lipinski definition) is 3. The third-order valence-corrected chi connectivity index (χ3v) is 4.22. The van der Waals surface area contributed by atoms with E-state index in [1.807, 2.05) is 17.5 Å². The van der Waals surface area contributed by atoms with Gasteiger partial charge in [0.15, 0.2) is 5.69 Å². The average molecular weight is 309 g/mol. The Morgan fingerprint density at radius 1 is 1.48 bits per heavy atom. The molecule has 0 saturated heterocycles. The first kappa shape index (κ1) is 15.7. The van der Waals surface area contributed by atoms with Crippen molar-refractivity contribution in [2.45, 2.75) is 6.92 Å². The molecule has 0 aliphatic carbocycles. The summed E-state index contributed by atoms with van der Waals surface area (Å²) in [6.07, 6.45) is 0. The lowest BCUT2D eigenvalue weighted by atomic mass is 9.92. The second-order valence-corrected chi connectivity index (χ2v) is 6.38. The van der Waals surface area contributed by atoms with Crippen LogP contribution in [0.3, 0.4) is 0 Å². The first-order valence-corrected chi connectivity index (χ1v) is 7.43. The molecule has 1 amide bonds. The number of thiophene rings is 1. The van der Waals surface area contributed by atoms with Crippen molar-refractivity contribution >= 4 is 17.2 Å². The van der Waals surface area contributed by atoms with Crippen molar-refractivity contribution in [2.75, 3.05) is 26.8 Å². The predicted octanol–water partition coefficient (Wildman–Crippen LogP) is 1.20. The Morgan fingerprint density at radius 3 is 2.76 bits per heavy atom. The third kappa shape index (κ3) is 3.49. The Kier molecular flexibility index (Phi) is 4.76. The van der Waals surface area contributed by atoms with Gasteiger partial charge >= 0.3 is 0 Å². The number of rotatable bonds is 6. The van der Waals surface area contributed by atoms with Crippen LogP contribution in [0.25, 0.3) is 10.6 Å². The number of aromatic nitrogens is 2. The smallest absolute Gasteiger partial charge is 0.274 e. The maximum atomic E-state index is 12.3. The highest BCUT2D eigenvalue weighted by Crippen LogP contribution is 2.23. The van der Waals surface area contributed by atoms with E-state index in [1.54, 1.807) is 31.4 Å². The highest BCUT2D eigenvalue weighted by molar-refractivity contribution is 7.13. The molecule has 0 saturated carbocycles. The van der Waals surface area contributed by atoms with Gasteiger partial charge in [0, 0.05) is 19.0 Å². The van der Waals surface area contributed by atoms with Crippen molar-refractivity contribution in [2.24, 2.45) is 5.41 Å². The van der Waals surface area contributed by atoms with Crippen LogP contribution in [0.4, 0.5) is 0 Å².